The highest BCUT2D eigenvalue weighted by molar-refractivity contribution is 4.99. The molecule has 2 atom stereocenters. The Morgan fingerprint density at radius 2 is 1.57 bits per heavy atom. The van der Waals surface area contributed by atoms with E-state index in [9.17, 15) is 0 Å². The summed E-state index contributed by atoms with van der Waals surface area (Å²) in [6.07, 6.45) is 10.9. The van der Waals surface area contributed by atoms with Crippen LogP contribution in [0, 0.1) is 23.2 Å². The predicted octanol–water partition coefficient (Wildman–Crippen LogP) is 2.81. The Morgan fingerprint density at radius 1 is 1.00 bits per heavy atom. The Hall–Kier alpha value is -0.0400. The normalized spacial score (nSPS) is 50.8. The summed E-state index contributed by atoms with van der Waals surface area (Å²) >= 11 is 0. The van der Waals surface area contributed by atoms with E-state index >= 15 is 0 Å². The van der Waals surface area contributed by atoms with Crippen molar-refractivity contribution in [1.82, 2.24) is 5.32 Å². The Bertz CT molecular complexity index is 207. The lowest BCUT2D eigenvalue weighted by Crippen LogP contribution is -2.43. The summed E-state index contributed by atoms with van der Waals surface area (Å²) in [6, 6.07) is 0. The number of hydrogen-bond donors (Lipinski definition) is 1. The van der Waals surface area contributed by atoms with E-state index in [1.165, 1.54) is 6.54 Å². The highest BCUT2D eigenvalue weighted by Gasteiger charge is 2.47. The van der Waals surface area contributed by atoms with E-state index in [2.05, 4.69) is 12.4 Å². The van der Waals surface area contributed by atoms with Crippen LogP contribution in [0.5, 0.6) is 0 Å². The maximum Gasteiger partial charge on any atom is 0.000511 e. The second kappa shape index (κ2) is 3.23. The van der Waals surface area contributed by atoms with Gasteiger partial charge in [-0.1, -0.05) is 12.8 Å². The van der Waals surface area contributed by atoms with Crippen LogP contribution in [0.2, 0.25) is 0 Å². The molecule has 0 aromatic rings. The lowest BCUT2D eigenvalue weighted by Gasteiger charge is -2.48. The second-order valence-electron chi connectivity index (χ2n) is 6.29. The maximum absolute atomic E-state index is 3.45. The van der Waals surface area contributed by atoms with Crippen molar-refractivity contribution in [3.05, 3.63) is 0 Å². The number of hydrogen-bond acceptors (Lipinski definition) is 1. The van der Waals surface area contributed by atoms with Crippen LogP contribution in [0.4, 0.5) is 0 Å². The molecule has 0 heterocycles. The Labute approximate surface area is 87.7 Å². The molecule has 0 aromatic carbocycles. The summed E-state index contributed by atoms with van der Waals surface area (Å²) in [6.45, 7) is 1.29. The van der Waals surface area contributed by atoms with E-state index in [4.69, 9.17) is 0 Å². The van der Waals surface area contributed by atoms with E-state index < -0.39 is 0 Å². The number of rotatable bonds is 2. The standard InChI is InChI=1S/C13H23N/c1-14-9-13-6-10-2-3-11(7-13)5-12(4-10)8-13/h10-12,14H,2-9H2,1H3. The molecule has 4 rings (SSSR count). The Kier molecular flexibility index (Phi) is 2.12. The topological polar surface area (TPSA) is 12.0 Å². The van der Waals surface area contributed by atoms with E-state index in [0.717, 1.165) is 23.2 Å². The second-order valence-corrected chi connectivity index (χ2v) is 6.29. The third-order valence-corrected chi connectivity index (χ3v) is 5.03. The fourth-order valence-electron chi connectivity index (χ4n) is 4.96. The number of fused-ring (bicyclic) bond motifs is 1. The molecule has 0 saturated heterocycles. The summed E-state index contributed by atoms with van der Waals surface area (Å²) in [5.74, 6) is 3.28. The van der Waals surface area contributed by atoms with Crippen molar-refractivity contribution >= 4 is 0 Å². The van der Waals surface area contributed by atoms with Crippen molar-refractivity contribution in [2.24, 2.45) is 23.2 Å². The van der Waals surface area contributed by atoms with Crippen molar-refractivity contribution in [3.8, 4) is 0 Å². The molecule has 1 N–H and O–H groups in total. The van der Waals surface area contributed by atoms with Crippen LogP contribution in [0.25, 0.3) is 0 Å². The first-order chi connectivity index (χ1) is 6.80. The van der Waals surface area contributed by atoms with Crippen LogP contribution in [-0.4, -0.2) is 13.6 Å². The van der Waals surface area contributed by atoms with Crippen molar-refractivity contribution in [3.63, 3.8) is 0 Å². The molecule has 4 bridgehead atoms. The molecule has 4 saturated carbocycles. The molecule has 1 nitrogen and oxygen atoms in total. The highest BCUT2D eigenvalue weighted by Crippen LogP contribution is 2.57. The molecule has 2 unspecified atom stereocenters. The maximum atomic E-state index is 3.45. The van der Waals surface area contributed by atoms with Crippen LogP contribution in [0.1, 0.15) is 44.9 Å². The van der Waals surface area contributed by atoms with E-state index in [-0.39, 0.29) is 0 Å². The SMILES string of the molecule is CNCC12CC3CCC(CC(C3)C1)C2. The van der Waals surface area contributed by atoms with Crippen molar-refractivity contribution < 1.29 is 0 Å². The van der Waals surface area contributed by atoms with Gasteiger partial charge >= 0.3 is 0 Å². The first-order valence-corrected chi connectivity index (χ1v) is 6.44. The van der Waals surface area contributed by atoms with Gasteiger partial charge in [0.15, 0.2) is 0 Å². The molecule has 4 aliphatic rings. The molecule has 14 heavy (non-hydrogen) atoms. The lowest BCUT2D eigenvalue weighted by molar-refractivity contribution is 0.0365. The minimum Gasteiger partial charge on any atom is -0.319 e. The van der Waals surface area contributed by atoms with Crippen LogP contribution < -0.4 is 5.32 Å². The molecule has 0 aromatic heterocycles. The molecular weight excluding hydrogens is 170 g/mol. The predicted molar refractivity (Wildman–Crippen MR) is 59.1 cm³/mol. The highest BCUT2D eigenvalue weighted by atomic mass is 14.8. The zero-order chi connectivity index (χ0) is 9.60. The van der Waals surface area contributed by atoms with Gasteiger partial charge < -0.3 is 5.32 Å². The molecule has 0 amide bonds. The molecule has 0 aliphatic heterocycles. The van der Waals surface area contributed by atoms with Crippen LogP contribution in [-0.2, 0) is 0 Å². The minimum atomic E-state index is 0.724. The zero-order valence-electron chi connectivity index (χ0n) is 9.39. The monoisotopic (exact) mass is 193 g/mol. The average Bonchev–Trinajstić information content (AvgIpc) is 2.32. The van der Waals surface area contributed by atoms with Gasteiger partial charge in [-0.05, 0) is 62.3 Å². The van der Waals surface area contributed by atoms with Gasteiger partial charge in [0.1, 0.15) is 0 Å². The minimum absolute atomic E-state index is 0.724. The summed E-state index contributed by atoms with van der Waals surface area (Å²) < 4.78 is 0. The average molecular weight is 193 g/mol. The third kappa shape index (κ3) is 1.41. The van der Waals surface area contributed by atoms with E-state index in [0.29, 0.717) is 0 Å². The fourth-order valence-corrected chi connectivity index (χ4v) is 4.96. The molecule has 80 valence electrons. The lowest BCUT2D eigenvalue weighted by atomic mass is 9.58. The van der Waals surface area contributed by atoms with Gasteiger partial charge in [-0.2, -0.15) is 0 Å². The van der Waals surface area contributed by atoms with Crippen molar-refractivity contribution in [2.45, 2.75) is 44.9 Å². The smallest absolute Gasteiger partial charge is 0.000511 e. The first kappa shape index (κ1) is 9.21. The largest absolute Gasteiger partial charge is 0.319 e. The quantitative estimate of drug-likeness (QED) is 0.711. The summed E-state index contributed by atoms with van der Waals surface area (Å²) in [7, 11) is 2.13. The molecular formula is C13H23N. The van der Waals surface area contributed by atoms with Gasteiger partial charge in [0.05, 0.1) is 0 Å². The van der Waals surface area contributed by atoms with Crippen molar-refractivity contribution in [1.29, 1.82) is 0 Å². The van der Waals surface area contributed by atoms with Crippen LogP contribution >= 0.6 is 0 Å². The Balaban J connectivity index is 1.86. The van der Waals surface area contributed by atoms with Gasteiger partial charge in [0.2, 0.25) is 0 Å². The van der Waals surface area contributed by atoms with Gasteiger partial charge in [0.25, 0.3) is 0 Å². The van der Waals surface area contributed by atoms with Crippen LogP contribution in [0.3, 0.4) is 0 Å². The molecule has 4 fully saturated rings. The van der Waals surface area contributed by atoms with Gasteiger partial charge in [-0.15, -0.1) is 0 Å². The number of nitrogens with one attached hydrogen (secondary N) is 1. The van der Waals surface area contributed by atoms with Gasteiger partial charge in [-0.25, -0.2) is 0 Å². The third-order valence-electron chi connectivity index (χ3n) is 5.03. The summed E-state index contributed by atoms with van der Waals surface area (Å²) in [4.78, 5) is 0. The summed E-state index contributed by atoms with van der Waals surface area (Å²) in [5, 5.41) is 3.45. The van der Waals surface area contributed by atoms with E-state index in [1.54, 1.807) is 44.9 Å². The summed E-state index contributed by atoms with van der Waals surface area (Å²) in [5.41, 5.74) is 0.724. The van der Waals surface area contributed by atoms with Crippen molar-refractivity contribution in [2.75, 3.05) is 13.6 Å². The van der Waals surface area contributed by atoms with Gasteiger partial charge in [0, 0.05) is 6.54 Å². The molecule has 1 heteroatoms. The molecule has 4 aliphatic carbocycles. The molecule has 0 spiro atoms. The first-order valence-electron chi connectivity index (χ1n) is 6.44. The van der Waals surface area contributed by atoms with Gasteiger partial charge in [-0.3, -0.25) is 0 Å². The Morgan fingerprint density at radius 3 is 2.14 bits per heavy atom. The molecule has 0 radical (unpaired) electrons. The van der Waals surface area contributed by atoms with E-state index in [1.807, 2.05) is 0 Å². The fraction of sp³-hybridized carbons (Fsp3) is 1.00. The van der Waals surface area contributed by atoms with Crippen LogP contribution in [0.15, 0.2) is 0 Å². The zero-order valence-corrected chi connectivity index (χ0v) is 9.39.